The van der Waals surface area contributed by atoms with Crippen LogP contribution in [0.25, 0.3) is 0 Å². The van der Waals surface area contributed by atoms with Crippen LogP contribution in [0.5, 0.6) is 5.75 Å². The predicted molar refractivity (Wildman–Crippen MR) is 149 cm³/mol. The van der Waals surface area contributed by atoms with Crippen molar-refractivity contribution < 1.29 is 24.4 Å². The zero-order chi connectivity index (χ0) is 27.7. The van der Waals surface area contributed by atoms with E-state index in [0.717, 1.165) is 37.8 Å². The highest BCUT2D eigenvalue weighted by atomic mass is 32.2. The van der Waals surface area contributed by atoms with Crippen molar-refractivity contribution in [3.05, 3.63) is 63.7 Å². The molecule has 1 heterocycles. The van der Waals surface area contributed by atoms with Crippen LogP contribution in [0.4, 0.5) is 5.69 Å². The maximum Gasteiger partial charge on any atom is 0.321 e. The number of thioether (sulfide) groups is 1. The Morgan fingerprint density at radius 3 is 2.21 bits per heavy atom. The molecule has 2 aromatic carbocycles. The van der Waals surface area contributed by atoms with E-state index in [-0.39, 0.29) is 17.9 Å². The summed E-state index contributed by atoms with van der Waals surface area (Å²) in [7, 11) is 0. The van der Waals surface area contributed by atoms with Gasteiger partial charge in [-0.3, -0.25) is 19.7 Å². The summed E-state index contributed by atoms with van der Waals surface area (Å²) in [4.78, 5) is 40.0. The molecule has 1 aliphatic rings. The van der Waals surface area contributed by atoms with Gasteiger partial charge in [-0.15, -0.1) is 11.8 Å². The summed E-state index contributed by atoms with van der Waals surface area (Å²) in [5.74, 6) is -1.86. The minimum absolute atomic E-state index is 0.161. The number of ether oxygens (including phenoxy) is 1. The van der Waals surface area contributed by atoms with Crippen molar-refractivity contribution in [3.8, 4) is 5.75 Å². The molecule has 2 aromatic rings. The first-order valence-corrected chi connectivity index (χ1v) is 14.3. The minimum atomic E-state index is -1.43. The normalized spacial score (nSPS) is 18.4. The lowest BCUT2D eigenvalue weighted by atomic mass is 9.78. The molecule has 38 heavy (non-hydrogen) atoms. The first-order valence-electron chi connectivity index (χ1n) is 13.5. The first kappa shape index (κ1) is 29.6. The SMILES string of the molecule is CCCCN(CCCC)CCCOc1ccc(C(=O)C2c3cc([N+](=O)[O-])ccc3SC2(CC)C(=O)O)cc1. The number of rotatable bonds is 16. The van der Waals surface area contributed by atoms with Crippen molar-refractivity contribution in [1.29, 1.82) is 0 Å². The average Bonchev–Trinajstić information content (AvgIpc) is 3.27. The molecule has 0 spiro atoms. The number of benzene rings is 2. The molecule has 0 amide bonds. The minimum Gasteiger partial charge on any atom is -0.494 e. The molecule has 1 aliphatic heterocycles. The summed E-state index contributed by atoms with van der Waals surface area (Å²) < 4.78 is 4.49. The summed E-state index contributed by atoms with van der Waals surface area (Å²) in [6, 6.07) is 11.0. The molecular weight excluding hydrogens is 504 g/mol. The Morgan fingerprint density at radius 2 is 1.66 bits per heavy atom. The monoisotopic (exact) mass is 542 g/mol. The Bertz CT molecular complexity index is 1110. The molecule has 0 bridgehead atoms. The lowest BCUT2D eigenvalue weighted by Crippen LogP contribution is -2.41. The number of nitro benzene ring substituents is 1. The summed E-state index contributed by atoms with van der Waals surface area (Å²) in [5.41, 5.74) is 0.590. The van der Waals surface area contributed by atoms with E-state index in [1.54, 1.807) is 37.3 Å². The van der Waals surface area contributed by atoms with Crippen LogP contribution in [0.1, 0.15) is 81.1 Å². The van der Waals surface area contributed by atoms with E-state index in [4.69, 9.17) is 4.74 Å². The van der Waals surface area contributed by atoms with Crippen molar-refractivity contribution in [1.82, 2.24) is 4.90 Å². The predicted octanol–water partition coefficient (Wildman–Crippen LogP) is 6.57. The molecule has 0 aromatic heterocycles. The van der Waals surface area contributed by atoms with Crippen LogP contribution in [0.2, 0.25) is 0 Å². The highest BCUT2D eigenvalue weighted by molar-refractivity contribution is 8.01. The number of hydrogen-bond donors (Lipinski definition) is 1. The molecule has 206 valence electrons. The van der Waals surface area contributed by atoms with E-state index in [1.807, 2.05) is 0 Å². The zero-order valence-corrected chi connectivity index (χ0v) is 23.3. The number of nitro groups is 1. The van der Waals surface area contributed by atoms with Crippen LogP contribution in [-0.2, 0) is 4.79 Å². The molecular formula is C29H38N2O6S. The summed E-state index contributed by atoms with van der Waals surface area (Å²) in [5, 5.41) is 21.5. The van der Waals surface area contributed by atoms with Gasteiger partial charge in [-0.2, -0.15) is 0 Å². The fourth-order valence-corrected chi connectivity index (χ4v) is 6.29. The van der Waals surface area contributed by atoms with Gasteiger partial charge < -0.3 is 14.7 Å². The molecule has 3 rings (SSSR count). The van der Waals surface area contributed by atoms with Gasteiger partial charge in [0, 0.05) is 29.1 Å². The Hall–Kier alpha value is -2.91. The van der Waals surface area contributed by atoms with Gasteiger partial charge in [0.2, 0.25) is 0 Å². The lowest BCUT2D eigenvalue weighted by molar-refractivity contribution is -0.385. The van der Waals surface area contributed by atoms with Crippen molar-refractivity contribution >= 4 is 29.2 Å². The number of nitrogens with zero attached hydrogens (tertiary/aromatic N) is 2. The number of hydrogen-bond acceptors (Lipinski definition) is 7. The van der Waals surface area contributed by atoms with Gasteiger partial charge in [-0.25, -0.2) is 0 Å². The maximum atomic E-state index is 13.7. The standard InChI is InChI=1S/C29H38N2O6S/c1-4-7-16-30(17-8-5-2)18-9-19-37-23-13-10-21(11-14-23)27(32)26-24-20-22(31(35)36)12-15-25(24)38-29(26,6-3)28(33)34/h10-15,20,26H,4-9,16-19H2,1-3H3,(H,33,34). The molecule has 8 nitrogen and oxygen atoms in total. The van der Waals surface area contributed by atoms with Gasteiger partial charge in [0.15, 0.2) is 5.78 Å². The second-order valence-corrected chi connectivity index (χ2v) is 11.1. The van der Waals surface area contributed by atoms with E-state index in [0.29, 0.717) is 28.4 Å². The second-order valence-electron chi connectivity index (χ2n) is 9.70. The van der Waals surface area contributed by atoms with Crippen LogP contribution in [-0.4, -0.2) is 57.7 Å². The van der Waals surface area contributed by atoms with Gasteiger partial charge in [-0.05, 0) is 74.7 Å². The molecule has 2 unspecified atom stereocenters. The quantitative estimate of drug-likeness (QED) is 0.110. The molecule has 0 saturated heterocycles. The summed E-state index contributed by atoms with van der Waals surface area (Å²) in [6.45, 7) is 9.89. The van der Waals surface area contributed by atoms with E-state index in [9.17, 15) is 24.8 Å². The first-order chi connectivity index (χ1) is 18.3. The fraction of sp³-hybridized carbons (Fsp3) is 0.517. The van der Waals surface area contributed by atoms with Crippen LogP contribution >= 0.6 is 11.8 Å². The van der Waals surface area contributed by atoms with Gasteiger partial charge in [0.1, 0.15) is 10.5 Å². The van der Waals surface area contributed by atoms with E-state index in [2.05, 4.69) is 18.7 Å². The highest BCUT2D eigenvalue weighted by Gasteiger charge is 2.55. The van der Waals surface area contributed by atoms with Gasteiger partial charge in [0.25, 0.3) is 5.69 Å². The second kappa shape index (κ2) is 13.8. The van der Waals surface area contributed by atoms with E-state index >= 15 is 0 Å². The fourth-order valence-electron chi connectivity index (χ4n) is 4.88. The largest absolute Gasteiger partial charge is 0.494 e. The average molecular weight is 543 g/mol. The molecule has 2 atom stereocenters. The molecule has 9 heteroatoms. The van der Waals surface area contributed by atoms with E-state index < -0.39 is 21.6 Å². The lowest BCUT2D eigenvalue weighted by Gasteiger charge is -2.28. The maximum absolute atomic E-state index is 13.7. The van der Waals surface area contributed by atoms with Gasteiger partial charge in [0.05, 0.1) is 17.4 Å². The zero-order valence-electron chi connectivity index (χ0n) is 22.5. The van der Waals surface area contributed by atoms with Crippen LogP contribution in [0.15, 0.2) is 47.4 Å². The number of unbranched alkanes of at least 4 members (excludes halogenated alkanes) is 2. The topological polar surface area (TPSA) is 110 Å². The van der Waals surface area contributed by atoms with Crippen LogP contribution < -0.4 is 4.74 Å². The van der Waals surface area contributed by atoms with Gasteiger partial charge >= 0.3 is 5.97 Å². The van der Waals surface area contributed by atoms with E-state index in [1.165, 1.54) is 37.8 Å². The number of Topliss-reactive ketones (excluding diaryl/α,β-unsaturated/α-hetero) is 1. The number of carboxylic acids is 1. The summed E-state index contributed by atoms with van der Waals surface area (Å²) in [6.07, 6.45) is 5.84. The number of fused-ring (bicyclic) bond motifs is 1. The molecule has 1 N–H and O–H groups in total. The Kier molecular flexibility index (Phi) is 10.7. The number of aliphatic carboxylic acids is 1. The number of carbonyl (C=O) groups is 2. The van der Waals surface area contributed by atoms with Crippen LogP contribution in [0.3, 0.4) is 0 Å². The Labute approximate surface area is 228 Å². The number of ketones is 1. The molecule has 0 fully saturated rings. The number of carboxylic acid groups (broad SMARTS) is 1. The summed E-state index contributed by atoms with van der Waals surface area (Å²) >= 11 is 1.10. The Balaban J connectivity index is 1.71. The Morgan fingerprint density at radius 1 is 1.03 bits per heavy atom. The molecule has 0 radical (unpaired) electrons. The third-order valence-electron chi connectivity index (χ3n) is 7.11. The molecule has 0 aliphatic carbocycles. The smallest absolute Gasteiger partial charge is 0.321 e. The van der Waals surface area contributed by atoms with Crippen molar-refractivity contribution in [3.63, 3.8) is 0 Å². The van der Waals surface area contributed by atoms with Crippen LogP contribution in [0, 0.1) is 10.1 Å². The number of non-ortho nitro benzene ring substituents is 1. The molecule has 0 saturated carbocycles. The third kappa shape index (κ3) is 6.74. The van der Waals surface area contributed by atoms with Gasteiger partial charge in [-0.1, -0.05) is 33.6 Å². The van der Waals surface area contributed by atoms with Crippen molar-refractivity contribution in [2.24, 2.45) is 0 Å². The highest BCUT2D eigenvalue weighted by Crippen LogP contribution is 2.56. The third-order valence-corrected chi connectivity index (χ3v) is 8.76. The number of carbonyl (C=O) groups excluding carboxylic acids is 1. The van der Waals surface area contributed by atoms with Crippen molar-refractivity contribution in [2.45, 2.75) is 74.9 Å². The van der Waals surface area contributed by atoms with Crippen molar-refractivity contribution in [2.75, 3.05) is 26.2 Å².